The molecule has 4 atom stereocenters. The van der Waals surface area contributed by atoms with Gasteiger partial charge in [0.25, 0.3) is 11.8 Å². The minimum atomic E-state index is -4.75. The number of alkyl halides is 6. The summed E-state index contributed by atoms with van der Waals surface area (Å²) in [6.07, 6.45) is -8.88. The van der Waals surface area contributed by atoms with Crippen LogP contribution in [-0.4, -0.2) is 174 Å². The molecule has 24 heteroatoms. The quantitative estimate of drug-likeness (QED) is 0.0102. The summed E-state index contributed by atoms with van der Waals surface area (Å²) >= 11 is 0. The number of aliphatic hydroxyl groups is 3. The third-order valence-corrected chi connectivity index (χ3v) is 12.5. The Balaban J connectivity index is 1.24. The van der Waals surface area contributed by atoms with Crippen LogP contribution in [0, 0.1) is 5.92 Å². The highest BCUT2D eigenvalue weighted by atomic mass is 19.4. The second-order valence-corrected chi connectivity index (χ2v) is 17.4. The number of aliphatic hydroxyl groups excluding tert-OH is 3. The number of hydrogen-bond acceptors (Lipinski definition) is 14. The van der Waals surface area contributed by atoms with Crippen molar-refractivity contribution in [2.45, 2.75) is 113 Å². The summed E-state index contributed by atoms with van der Waals surface area (Å²) < 4.78 is 141. The number of aliphatic imine (C=N–C) groups is 1. The monoisotopic (exact) mass is 1000 g/mol. The molecule has 1 fully saturated rings. The molecule has 3 aliphatic carbocycles. The molecule has 1 saturated carbocycles. The number of rotatable bonds is 29. The van der Waals surface area contributed by atoms with Gasteiger partial charge in [-0.1, -0.05) is 18.9 Å². The number of ether oxygens (including phenoxy) is 5. The van der Waals surface area contributed by atoms with Crippen molar-refractivity contribution in [2.75, 3.05) is 100 Å². The Bertz CT molecular complexity index is 1820. The van der Waals surface area contributed by atoms with E-state index in [1.165, 1.54) is 13.1 Å². The summed E-state index contributed by atoms with van der Waals surface area (Å²) in [6.45, 7) is 1.94. The molecule has 69 heavy (non-hydrogen) atoms. The van der Waals surface area contributed by atoms with Crippen LogP contribution in [0.15, 0.2) is 50.9 Å². The van der Waals surface area contributed by atoms with E-state index in [0.29, 0.717) is 45.7 Å². The molecular weight excluding hydrogens is 937 g/mol. The van der Waals surface area contributed by atoms with Crippen LogP contribution in [0.1, 0.15) is 77.0 Å². The molecule has 0 bridgehead atoms. The smallest absolute Gasteiger partial charge is 0.404 e. The number of nitrogens with one attached hydrogen (secondary N) is 4. The Labute approximate surface area is 396 Å². The summed E-state index contributed by atoms with van der Waals surface area (Å²) in [5.74, 6) is -7.76. The predicted molar refractivity (Wildman–Crippen MR) is 236 cm³/mol. The number of halogens is 8. The number of carbonyl (C=O) groups is 2. The van der Waals surface area contributed by atoms with Gasteiger partial charge in [0.05, 0.1) is 77.1 Å². The van der Waals surface area contributed by atoms with Gasteiger partial charge in [-0.05, 0) is 84.0 Å². The average molecular weight is 1010 g/mol. The molecule has 7 N–H and O–H groups in total. The number of nitrogens with zero attached hydrogens (tertiary/aromatic N) is 2. The van der Waals surface area contributed by atoms with Gasteiger partial charge in [-0.3, -0.25) is 19.9 Å². The van der Waals surface area contributed by atoms with Crippen LogP contribution in [0.2, 0.25) is 0 Å². The van der Waals surface area contributed by atoms with Gasteiger partial charge in [0.1, 0.15) is 30.3 Å². The van der Waals surface area contributed by atoms with E-state index < -0.39 is 123 Å². The topological polar surface area (TPSA) is 205 Å². The maximum atomic E-state index is 15.3. The lowest BCUT2D eigenvalue weighted by Gasteiger charge is -2.33. The van der Waals surface area contributed by atoms with Gasteiger partial charge in [-0.25, -0.2) is 8.78 Å². The Kier molecular flexibility index (Phi) is 23.9. The number of carbonyl (C=O) groups excluding carboxylic acids is 2. The number of likely N-dealkylation sites (N-methyl/N-ethyl adjacent to an activating group) is 2. The number of unbranched alkanes of at least 4 members (excludes halogenated alkanes) is 1. The first-order valence-electron chi connectivity index (χ1n) is 23.3. The highest BCUT2D eigenvalue weighted by molar-refractivity contribution is 6.19. The van der Waals surface area contributed by atoms with Crippen LogP contribution in [0.4, 0.5) is 35.1 Å². The zero-order valence-corrected chi connectivity index (χ0v) is 39.2. The zero-order valence-electron chi connectivity index (χ0n) is 39.2. The molecule has 0 aromatic carbocycles. The van der Waals surface area contributed by atoms with Crippen LogP contribution < -0.4 is 21.3 Å². The zero-order chi connectivity index (χ0) is 50.6. The Morgan fingerprint density at radius 2 is 1.58 bits per heavy atom. The van der Waals surface area contributed by atoms with Crippen LogP contribution in [0.3, 0.4) is 0 Å². The lowest BCUT2D eigenvalue weighted by Crippen LogP contribution is -2.48. The molecule has 2 amide bonds. The Hall–Kier alpha value is -3.59. The largest absolute Gasteiger partial charge is 0.509 e. The Morgan fingerprint density at radius 1 is 0.928 bits per heavy atom. The van der Waals surface area contributed by atoms with Crippen LogP contribution in [0.25, 0.3) is 0 Å². The van der Waals surface area contributed by atoms with Crippen LogP contribution in [0.5, 0.6) is 0 Å². The maximum absolute atomic E-state index is 15.3. The van der Waals surface area contributed by atoms with Crippen molar-refractivity contribution in [2.24, 2.45) is 10.9 Å². The third kappa shape index (κ3) is 18.2. The molecule has 0 aromatic heterocycles. The Morgan fingerprint density at radius 3 is 2.20 bits per heavy atom. The summed E-state index contributed by atoms with van der Waals surface area (Å²) in [5.41, 5.74) is -3.16. The first kappa shape index (κ1) is 58.0. The first-order valence-corrected chi connectivity index (χ1v) is 23.3. The molecule has 0 spiro atoms. The van der Waals surface area contributed by atoms with E-state index in [0.717, 1.165) is 25.9 Å². The fourth-order valence-corrected chi connectivity index (χ4v) is 8.35. The van der Waals surface area contributed by atoms with Crippen molar-refractivity contribution in [3.8, 4) is 0 Å². The van der Waals surface area contributed by atoms with Crippen molar-refractivity contribution >= 4 is 17.5 Å². The molecule has 0 saturated heterocycles. The van der Waals surface area contributed by atoms with Gasteiger partial charge in [-0.15, -0.1) is 0 Å². The van der Waals surface area contributed by atoms with Gasteiger partial charge in [0, 0.05) is 36.5 Å². The molecular formula is C45H68F8N6O10. The number of hydrogen-bond donors (Lipinski definition) is 7. The highest BCUT2D eigenvalue weighted by Crippen LogP contribution is 2.42. The summed E-state index contributed by atoms with van der Waals surface area (Å²) in [5, 5.41) is 39.7. The molecule has 4 rings (SSSR count). The van der Waals surface area contributed by atoms with E-state index in [1.807, 2.05) is 7.05 Å². The summed E-state index contributed by atoms with van der Waals surface area (Å²) in [4.78, 5) is 34.0. The SMILES string of the molecule is CNC1(C(O)=C(C(=O)NCC2=CCC(OCOCCOCCOCCOCCN(C)CCCCC(O)CO)C(F)=C2F)C(=O)NC2=C(C3=NCNC(C(F)(F)F)C3)CC(C(F)(F)F)CC2)CCCC1. The second-order valence-electron chi connectivity index (χ2n) is 17.4. The van der Waals surface area contributed by atoms with E-state index in [4.69, 9.17) is 28.8 Å². The molecule has 394 valence electrons. The fourth-order valence-electron chi connectivity index (χ4n) is 8.35. The van der Waals surface area contributed by atoms with Crippen molar-refractivity contribution in [3.05, 3.63) is 45.9 Å². The molecule has 1 heterocycles. The lowest BCUT2D eigenvalue weighted by molar-refractivity contribution is -0.176. The van der Waals surface area contributed by atoms with E-state index in [-0.39, 0.29) is 68.2 Å². The highest BCUT2D eigenvalue weighted by Gasteiger charge is 2.47. The lowest BCUT2D eigenvalue weighted by atomic mass is 9.82. The van der Waals surface area contributed by atoms with Gasteiger partial charge in [0.15, 0.2) is 11.7 Å². The predicted octanol–water partition coefficient (Wildman–Crippen LogP) is 4.85. The number of allylic oxidation sites excluding steroid dienone is 2. The molecule has 0 radical (unpaired) electrons. The van der Waals surface area contributed by atoms with Crippen LogP contribution in [-0.2, 0) is 33.3 Å². The first-order chi connectivity index (χ1) is 32.8. The minimum absolute atomic E-state index is 0.0782. The molecule has 1 aliphatic heterocycles. The molecule has 4 unspecified atom stereocenters. The molecule has 4 aliphatic rings. The van der Waals surface area contributed by atoms with Gasteiger partial charge >= 0.3 is 12.4 Å². The standard InChI is InChI=1S/C45H68F8N6O10/c1-54-43(12-4-5-13-43)40(62)37(42(64)58-33-10-9-30(44(48,49)50)23-32(33)34-24-36(45(51,52)53)57-27-56-34)41(63)55-25-29-8-11-35(39(47)38(29)46)69-28-68-22-21-67-20-19-66-18-17-65-16-15-59(2)14-6-3-7-31(61)26-60/h8,30-31,35-36,54,57,60-62H,3-7,9-28H2,1-2H3,(H,55,63)(H,58,64). The van der Waals surface area contributed by atoms with Crippen molar-refractivity contribution in [3.63, 3.8) is 0 Å². The number of amides is 2. The summed E-state index contributed by atoms with van der Waals surface area (Å²) in [7, 11) is 3.47. The van der Waals surface area contributed by atoms with E-state index in [9.17, 15) is 46.1 Å². The van der Waals surface area contributed by atoms with Crippen molar-refractivity contribution < 1.29 is 83.7 Å². The summed E-state index contributed by atoms with van der Waals surface area (Å²) in [6, 6.07) is -2.11. The second kappa shape index (κ2) is 28.4. The van der Waals surface area contributed by atoms with Crippen molar-refractivity contribution in [1.82, 2.24) is 26.2 Å². The van der Waals surface area contributed by atoms with Crippen molar-refractivity contribution in [1.29, 1.82) is 0 Å². The average Bonchev–Trinajstić information content (AvgIpc) is 3.82. The van der Waals surface area contributed by atoms with Gasteiger partial charge < -0.3 is 59.9 Å². The van der Waals surface area contributed by atoms with E-state index >= 15 is 8.78 Å². The van der Waals surface area contributed by atoms with Gasteiger partial charge in [-0.2, -0.15) is 26.3 Å². The van der Waals surface area contributed by atoms with E-state index in [2.05, 4.69) is 31.2 Å². The third-order valence-electron chi connectivity index (χ3n) is 12.5. The molecule has 16 nitrogen and oxygen atoms in total. The van der Waals surface area contributed by atoms with Crippen LogP contribution >= 0.6 is 0 Å². The fraction of sp³-hybridized carbons (Fsp3) is 0.756. The van der Waals surface area contributed by atoms with E-state index in [1.54, 1.807) is 0 Å². The minimum Gasteiger partial charge on any atom is -0.509 e. The maximum Gasteiger partial charge on any atom is 0.404 e. The molecule has 0 aromatic rings. The van der Waals surface area contributed by atoms with Gasteiger partial charge in [0.2, 0.25) is 0 Å². The normalized spacial score (nSPS) is 22.1.